The molecule has 0 spiro atoms. The number of carbonyl (C=O) groups excluding carboxylic acids is 1. The molecule has 0 unspecified atom stereocenters. The molecular formula is C9H13N5OS. The van der Waals surface area contributed by atoms with E-state index in [1.165, 1.54) is 18.1 Å². The molecule has 0 aliphatic heterocycles. The minimum atomic E-state index is 0.0438. The third-order valence-corrected chi connectivity index (χ3v) is 2.81. The van der Waals surface area contributed by atoms with Gasteiger partial charge in [-0.05, 0) is 0 Å². The quantitative estimate of drug-likeness (QED) is 0.737. The van der Waals surface area contributed by atoms with Gasteiger partial charge in [-0.2, -0.15) is 10.4 Å². The van der Waals surface area contributed by atoms with Gasteiger partial charge in [0.1, 0.15) is 6.33 Å². The number of hydrogen-bond acceptors (Lipinski definition) is 5. The van der Waals surface area contributed by atoms with E-state index >= 15 is 0 Å². The maximum atomic E-state index is 11.5. The monoisotopic (exact) mass is 239 g/mol. The van der Waals surface area contributed by atoms with E-state index in [0.29, 0.717) is 30.3 Å². The van der Waals surface area contributed by atoms with E-state index in [4.69, 9.17) is 5.26 Å². The molecule has 0 atom stereocenters. The number of rotatable bonds is 6. The Kier molecular flexibility index (Phi) is 5.36. The standard InChI is InChI=1S/C9H13N5OS/c1-14(5-2-4-10)8(15)3-6-16-9-11-7-12-13-9/h7H,2-3,5-6H2,1H3,(H,11,12,13). The highest BCUT2D eigenvalue weighted by atomic mass is 32.2. The predicted molar refractivity (Wildman–Crippen MR) is 59.6 cm³/mol. The number of H-pyrrole nitrogens is 1. The number of nitrogens with one attached hydrogen (secondary N) is 1. The van der Waals surface area contributed by atoms with E-state index < -0.39 is 0 Å². The van der Waals surface area contributed by atoms with Gasteiger partial charge in [0.2, 0.25) is 5.91 Å². The molecule has 7 heteroatoms. The molecular weight excluding hydrogens is 226 g/mol. The summed E-state index contributed by atoms with van der Waals surface area (Å²) in [5, 5.41) is 15.5. The van der Waals surface area contributed by atoms with Gasteiger partial charge in [0.15, 0.2) is 5.16 Å². The van der Waals surface area contributed by atoms with Gasteiger partial charge in [0.05, 0.1) is 12.5 Å². The van der Waals surface area contributed by atoms with E-state index in [1.54, 1.807) is 11.9 Å². The molecule has 16 heavy (non-hydrogen) atoms. The first-order valence-electron chi connectivity index (χ1n) is 4.83. The Hall–Kier alpha value is -1.55. The van der Waals surface area contributed by atoms with Crippen LogP contribution in [0, 0.1) is 11.3 Å². The Morgan fingerprint density at radius 2 is 2.56 bits per heavy atom. The van der Waals surface area contributed by atoms with Crippen molar-refractivity contribution in [2.24, 2.45) is 0 Å². The maximum absolute atomic E-state index is 11.5. The van der Waals surface area contributed by atoms with Crippen LogP contribution >= 0.6 is 11.8 Å². The van der Waals surface area contributed by atoms with E-state index in [2.05, 4.69) is 15.2 Å². The molecule has 0 saturated heterocycles. The molecule has 0 aliphatic rings. The molecule has 86 valence electrons. The lowest BCUT2D eigenvalue weighted by atomic mass is 10.3. The Balaban J connectivity index is 2.17. The maximum Gasteiger partial charge on any atom is 0.223 e. The molecule has 0 aromatic carbocycles. The summed E-state index contributed by atoms with van der Waals surface area (Å²) < 4.78 is 0. The molecule has 1 amide bonds. The van der Waals surface area contributed by atoms with Gasteiger partial charge >= 0.3 is 0 Å². The zero-order valence-corrected chi connectivity index (χ0v) is 9.83. The minimum absolute atomic E-state index is 0.0438. The molecule has 6 nitrogen and oxygen atoms in total. The predicted octanol–water partition coefficient (Wildman–Crippen LogP) is 0.659. The number of aromatic nitrogens is 3. The lowest BCUT2D eigenvalue weighted by molar-refractivity contribution is -0.129. The summed E-state index contributed by atoms with van der Waals surface area (Å²) in [4.78, 5) is 17.0. The summed E-state index contributed by atoms with van der Waals surface area (Å²) in [6.45, 7) is 0.488. The Morgan fingerprint density at radius 1 is 1.75 bits per heavy atom. The number of nitriles is 1. The van der Waals surface area contributed by atoms with Gasteiger partial charge in [0, 0.05) is 25.8 Å². The van der Waals surface area contributed by atoms with Crippen LogP contribution in [-0.4, -0.2) is 45.3 Å². The van der Waals surface area contributed by atoms with E-state index in [-0.39, 0.29) is 5.91 Å². The first kappa shape index (κ1) is 12.5. The lowest BCUT2D eigenvalue weighted by Crippen LogP contribution is -2.27. The van der Waals surface area contributed by atoms with Gasteiger partial charge < -0.3 is 4.90 Å². The normalized spacial score (nSPS) is 9.75. The van der Waals surface area contributed by atoms with Crippen molar-refractivity contribution in [3.05, 3.63) is 6.33 Å². The SMILES string of the molecule is CN(CCC#N)C(=O)CCSc1ncn[nH]1. The largest absolute Gasteiger partial charge is 0.345 e. The molecule has 0 fully saturated rings. The molecule has 0 radical (unpaired) electrons. The third kappa shape index (κ3) is 4.31. The number of thioether (sulfide) groups is 1. The van der Waals surface area contributed by atoms with E-state index in [9.17, 15) is 4.79 Å². The fraction of sp³-hybridized carbons (Fsp3) is 0.556. The lowest BCUT2D eigenvalue weighted by Gasteiger charge is -2.14. The fourth-order valence-electron chi connectivity index (χ4n) is 1.03. The van der Waals surface area contributed by atoms with Crippen LogP contribution in [0.2, 0.25) is 0 Å². The number of hydrogen-bond donors (Lipinski definition) is 1. The van der Waals surface area contributed by atoms with Crippen LogP contribution < -0.4 is 0 Å². The second kappa shape index (κ2) is 6.85. The van der Waals surface area contributed by atoms with Crippen molar-refractivity contribution >= 4 is 17.7 Å². The molecule has 1 aromatic heterocycles. The highest BCUT2D eigenvalue weighted by Gasteiger charge is 2.08. The van der Waals surface area contributed by atoms with Crippen LogP contribution in [0.3, 0.4) is 0 Å². The van der Waals surface area contributed by atoms with Crippen molar-refractivity contribution in [1.29, 1.82) is 5.26 Å². The van der Waals surface area contributed by atoms with Crippen LogP contribution in [0.5, 0.6) is 0 Å². The Labute approximate surface area is 98.0 Å². The highest BCUT2D eigenvalue weighted by molar-refractivity contribution is 7.99. The first-order chi connectivity index (χ1) is 7.74. The van der Waals surface area contributed by atoms with Crippen LogP contribution in [0.1, 0.15) is 12.8 Å². The fourth-order valence-corrected chi connectivity index (χ4v) is 1.74. The van der Waals surface area contributed by atoms with Crippen molar-refractivity contribution in [3.63, 3.8) is 0 Å². The summed E-state index contributed by atoms with van der Waals surface area (Å²) in [7, 11) is 1.71. The van der Waals surface area contributed by atoms with Crippen LogP contribution in [0.4, 0.5) is 0 Å². The van der Waals surface area contributed by atoms with Crippen LogP contribution in [0.15, 0.2) is 11.5 Å². The smallest absolute Gasteiger partial charge is 0.223 e. The third-order valence-electron chi connectivity index (χ3n) is 1.93. The van der Waals surface area contributed by atoms with Gasteiger partial charge in [-0.3, -0.25) is 9.89 Å². The molecule has 0 aliphatic carbocycles. The van der Waals surface area contributed by atoms with Gasteiger partial charge in [-0.15, -0.1) is 0 Å². The molecule has 1 N–H and O–H groups in total. The van der Waals surface area contributed by atoms with Crippen molar-refractivity contribution < 1.29 is 4.79 Å². The molecule has 1 aromatic rings. The number of aromatic amines is 1. The Morgan fingerprint density at radius 3 is 3.19 bits per heavy atom. The minimum Gasteiger partial charge on any atom is -0.345 e. The average Bonchev–Trinajstić information content (AvgIpc) is 2.78. The number of nitrogens with zero attached hydrogens (tertiary/aromatic N) is 4. The summed E-state index contributed by atoms with van der Waals surface area (Å²) in [6, 6.07) is 2.01. The topological polar surface area (TPSA) is 85.7 Å². The average molecular weight is 239 g/mol. The number of amides is 1. The van der Waals surface area contributed by atoms with E-state index in [1.807, 2.05) is 6.07 Å². The second-order valence-corrected chi connectivity index (χ2v) is 4.20. The zero-order valence-electron chi connectivity index (χ0n) is 9.01. The van der Waals surface area contributed by atoms with Gasteiger partial charge in [0.25, 0.3) is 0 Å². The summed E-state index contributed by atoms with van der Waals surface area (Å²) in [6.07, 6.45) is 2.24. The highest BCUT2D eigenvalue weighted by Crippen LogP contribution is 2.12. The van der Waals surface area contributed by atoms with E-state index in [0.717, 1.165) is 0 Å². The number of carbonyl (C=O) groups is 1. The summed E-state index contributed by atoms with van der Waals surface area (Å²) >= 11 is 1.45. The first-order valence-corrected chi connectivity index (χ1v) is 5.81. The Bertz CT molecular complexity index is 358. The van der Waals surface area contributed by atoms with Crippen LogP contribution in [-0.2, 0) is 4.79 Å². The molecule has 0 saturated carbocycles. The molecule has 0 bridgehead atoms. The van der Waals surface area contributed by atoms with Gasteiger partial charge in [-0.1, -0.05) is 11.8 Å². The summed E-state index contributed by atoms with van der Waals surface area (Å²) in [5.41, 5.74) is 0. The zero-order chi connectivity index (χ0) is 11.8. The van der Waals surface area contributed by atoms with Crippen LogP contribution in [0.25, 0.3) is 0 Å². The molecule has 1 heterocycles. The molecule has 1 rings (SSSR count). The van der Waals surface area contributed by atoms with Crippen molar-refractivity contribution in [1.82, 2.24) is 20.1 Å². The summed E-state index contributed by atoms with van der Waals surface area (Å²) in [5.74, 6) is 0.701. The van der Waals surface area contributed by atoms with Crippen molar-refractivity contribution in [3.8, 4) is 6.07 Å². The van der Waals surface area contributed by atoms with Gasteiger partial charge in [-0.25, -0.2) is 4.98 Å². The second-order valence-electron chi connectivity index (χ2n) is 3.11. The van der Waals surface area contributed by atoms with Crippen molar-refractivity contribution in [2.75, 3.05) is 19.3 Å². The van der Waals surface area contributed by atoms with Crippen molar-refractivity contribution in [2.45, 2.75) is 18.0 Å².